The number of allylic oxidation sites excluding steroid dienone is 4. The van der Waals surface area contributed by atoms with E-state index in [4.69, 9.17) is 4.74 Å². The molecule has 0 spiro atoms. The Kier molecular flexibility index (Phi) is 62.4. The number of aliphatic hydroxyl groups excluding tert-OH is 2. The van der Waals surface area contributed by atoms with Gasteiger partial charge in [0.05, 0.1) is 25.4 Å². The standard InChI is InChI=1S/C68H131NO5/c1-3-5-7-9-11-13-15-37-42-46-50-54-58-62-68(73)74-63-59-55-51-47-43-39-36-34-32-30-28-26-24-22-20-18-16-17-19-21-23-25-27-29-31-33-35-38-41-45-49-53-57-61-67(72)69-65(64-70)66(71)60-56-52-48-44-40-14-12-10-8-6-4-2/h20,22,26,28,65-66,70-71H,3-19,21,23-25,27,29-64H2,1-2H3,(H,69,72)/b22-20-,28-26-. The Hall–Kier alpha value is -1.66. The molecule has 0 aromatic carbocycles. The summed E-state index contributed by atoms with van der Waals surface area (Å²) in [5.41, 5.74) is 0. The molecule has 0 rings (SSSR count). The molecule has 0 heterocycles. The van der Waals surface area contributed by atoms with Gasteiger partial charge in [-0.1, -0.05) is 327 Å². The van der Waals surface area contributed by atoms with Crippen molar-refractivity contribution in [2.75, 3.05) is 13.2 Å². The maximum absolute atomic E-state index is 12.5. The summed E-state index contributed by atoms with van der Waals surface area (Å²) in [5.74, 6) is -0.0164. The van der Waals surface area contributed by atoms with Crippen molar-refractivity contribution in [2.45, 2.75) is 386 Å². The van der Waals surface area contributed by atoms with Crippen LogP contribution in [0.15, 0.2) is 24.3 Å². The Balaban J connectivity index is 3.35. The van der Waals surface area contributed by atoms with Crippen molar-refractivity contribution >= 4 is 11.9 Å². The molecule has 6 heteroatoms. The van der Waals surface area contributed by atoms with Gasteiger partial charge in [-0.3, -0.25) is 9.59 Å². The van der Waals surface area contributed by atoms with E-state index in [0.717, 1.165) is 44.9 Å². The fraction of sp³-hybridized carbons (Fsp3) is 0.912. The van der Waals surface area contributed by atoms with Crippen LogP contribution in [0.2, 0.25) is 0 Å². The van der Waals surface area contributed by atoms with Crippen LogP contribution in [0.25, 0.3) is 0 Å². The monoisotopic (exact) mass is 1040 g/mol. The summed E-state index contributed by atoms with van der Waals surface area (Å²) in [6.07, 6.45) is 79.4. The minimum absolute atomic E-state index is 0.0161. The van der Waals surface area contributed by atoms with Crippen molar-refractivity contribution in [2.24, 2.45) is 0 Å². The van der Waals surface area contributed by atoms with Gasteiger partial charge in [0, 0.05) is 12.8 Å². The maximum Gasteiger partial charge on any atom is 0.305 e. The van der Waals surface area contributed by atoms with Gasteiger partial charge in [0.1, 0.15) is 0 Å². The first-order valence-corrected chi connectivity index (χ1v) is 33.6. The Labute approximate surface area is 462 Å². The molecule has 0 fully saturated rings. The topological polar surface area (TPSA) is 95.9 Å². The maximum atomic E-state index is 12.5. The predicted molar refractivity (Wildman–Crippen MR) is 324 cm³/mol. The highest BCUT2D eigenvalue weighted by molar-refractivity contribution is 5.76. The molecular weight excluding hydrogens is 911 g/mol. The smallest absolute Gasteiger partial charge is 0.305 e. The van der Waals surface area contributed by atoms with Gasteiger partial charge < -0.3 is 20.3 Å². The van der Waals surface area contributed by atoms with Crippen LogP contribution in [0.3, 0.4) is 0 Å². The molecule has 3 N–H and O–H groups in total. The second-order valence-corrected chi connectivity index (χ2v) is 23.2. The summed E-state index contributed by atoms with van der Waals surface area (Å²) in [6.45, 7) is 4.97. The van der Waals surface area contributed by atoms with E-state index in [1.165, 1.54) is 295 Å². The lowest BCUT2D eigenvalue weighted by molar-refractivity contribution is -0.143. The molecular formula is C68H131NO5. The fourth-order valence-electron chi connectivity index (χ4n) is 10.6. The molecule has 0 bridgehead atoms. The molecule has 0 aliphatic carbocycles. The minimum atomic E-state index is -0.661. The number of nitrogens with one attached hydrogen (secondary N) is 1. The van der Waals surface area contributed by atoms with E-state index >= 15 is 0 Å². The zero-order valence-electron chi connectivity index (χ0n) is 50.1. The lowest BCUT2D eigenvalue weighted by atomic mass is 10.0. The van der Waals surface area contributed by atoms with Gasteiger partial charge in [0.2, 0.25) is 5.91 Å². The van der Waals surface area contributed by atoms with E-state index in [2.05, 4.69) is 43.5 Å². The molecule has 0 aromatic heterocycles. The van der Waals surface area contributed by atoms with Crippen molar-refractivity contribution in [1.82, 2.24) is 5.32 Å². The van der Waals surface area contributed by atoms with E-state index < -0.39 is 12.1 Å². The van der Waals surface area contributed by atoms with E-state index in [1.54, 1.807) is 0 Å². The summed E-state index contributed by atoms with van der Waals surface area (Å²) >= 11 is 0. The average molecular weight is 1040 g/mol. The quantitative estimate of drug-likeness (QED) is 0.0320. The summed E-state index contributed by atoms with van der Waals surface area (Å²) in [7, 11) is 0. The van der Waals surface area contributed by atoms with Gasteiger partial charge in [-0.2, -0.15) is 0 Å². The number of hydrogen-bond donors (Lipinski definition) is 3. The summed E-state index contributed by atoms with van der Waals surface area (Å²) in [5, 5.41) is 23.2. The third-order valence-corrected chi connectivity index (χ3v) is 15.8. The van der Waals surface area contributed by atoms with Crippen LogP contribution >= 0.6 is 0 Å². The Morgan fingerprint density at radius 3 is 1.03 bits per heavy atom. The Morgan fingerprint density at radius 1 is 0.378 bits per heavy atom. The largest absolute Gasteiger partial charge is 0.466 e. The van der Waals surface area contributed by atoms with Crippen LogP contribution in [-0.2, 0) is 14.3 Å². The molecule has 0 radical (unpaired) electrons. The van der Waals surface area contributed by atoms with Crippen molar-refractivity contribution < 1.29 is 24.5 Å². The number of rotatable bonds is 63. The Bertz CT molecular complexity index is 1150. The zero-order valence-corrected chi connectivity index (χ0v) is 50.1. The minimum Gasteiger partial charge on any atom is -0.466 e. The second kappa shape index (κ2) is 63.9. The number of carbonyl (C=O) groups excluding carboxylic acids is 2. The average Bonchev–Trinajstić information content (AvgIpc) is 3.40. The number of hydrogen-bond acceptors (Lipinski definition) is 5. The lowest BCUT2D eigenvalue weighted by Gasteiger charge is -2.22. The normalized spacial score (nSPS) is 12.6. The third-order valence-electron chi connectivity index (χ3n) is 15.8. The molecule has 2 unspecified atom stereocenters. The zero-order chi connectivity index (χ0) is 53.6. The number of unbranched alkanes of at least 4 members (excludes halogenated alkanes) is 48. The van der Waals surface area contributed by atoms with E-state index in [0.29, 0.717) is 25.9 Å². The van der Waals surface area contributed by atoms with Gasteiger partial charge in [-0.25, -0.2) is 0 Å². The SMILES string of the molecule is CCCCCCCCCCCCCCCC(=O)OCCCCCCCCCCC/C=C\C/C=C\CCCCCCCCCCCCCCCCCCCC(=O)NC(CO)C(O)CCCCCCCCCCCCC. The molecule has 1 amide bonds. The molecule has 0 saturated heterocycles. The lowest BCUT2D eigenvalue weighted by Crippen LogP contribution is -2.45. The summed E-state index contributed by atoms with van der Waals surface area (Å²) in [4.78, 5) is 24.5. The molecule has 438 valence electrons. The van der Waals surface area contributed by atoms with Gasteiger partial charge >= 0.3 is 5.97 Å². The predicted octanol–water partition coefficient (Wildman–Crippen LogP) is 21.4. The first-order valence-electron chi connectivity index (χ1n) is 33.6. The van der Waals surface area contributed by atoms with Crippen LogP contribution in [-0.4, -0.2) is 47.4 Å². The van der Waals surface area contributed by atoms with Gasteiger partial charge in [-0.15, -0.1) is 0 Å². The van der Waals surface area contributed by atoms with E-state index in [-0.39, 0.29) is 18.5 Å². The number of ether oxygens (including phenoxy) is 1. The molecule has 6 nitrogen and oxygen atoms in total. The van der Waals surface area contributed by atoms with Gasteiger partial charge in [-0.05, 0) is 57.8 Å². The molecule has 2 atom stereocenters. The van der Waals surface area contributed by atoms with Crippen LogP contribution in [0.4, 0.5) is 0 Å². The molecule has 0 aliphatic heterocycles. The molecule has 0 saturated carbocycles. The van der Waals surface area contributed by atoms with Crippen LogP contribution in [0.1, 0.15) is 373 Å². The highest BCUT2D eigenvalue weighted by atomic mass is 16.5. The fourth-order valence-corrected chi connectivity index (χ4v) is 10.6. The van der Waals surface area contributed by atoms with Crippen LogP contribution < -0.4 is 5.32 Å². The van der Waals surface area contributed by atoms with Crippen molar-refractivity contribution in [3.05, 3.63) is 24.3 Å². The first-order chi connectivity index (χ1) is 36.5. The Morgan fingerprint density at radius 2 is 0.676 bits per heavy atom. The van der Waals surface area contributed by atoms with Crippen LogP contribution in [0.5, 0.6) is 0 Å². The summed E-state index contributed by atoms with van der Waals surface area (Å²) < 4.78 is 5.48. The summed E-state index contributed by atoms with van der Waals surface area (Å²) in [6, 6.07) is -0.538. The number of aliphatic hydroxyl groups is 2. The molecule has 0 aliphatic rings. The first kappa shape index (κ1) is 72.3. The van der Waals surface area contributed by atoms with Crippen molar-refractivity contribution in [1.29, 1.82) is 0 Å². The van der Waals surface area contributed by atoms with Crippen molar-refractivity contribution in [3.8, 4) is 0 Å². The van der Waals surface area contributed by atoms with Crippen LogP contribution in [0, 0.1) is 0 Å². The number of esters is 1. The number of amides is 1. The highest BCUT2D eigenvalue weighted by Crippen LogP contribution is 2.18. The van der Waals surface area contributed by atoms with Crippen molar-refractivity contribution in [3.63, 3.8) is 0 Å². The van der Waals surface area contributed by atoms with E-state index in [1.807, 2.05) is 0 Å². The van der Waals surface area contributed by atoms with E-state index in [9.17, 15) is 19.8 Å². The molecule has 0 aromatic rings. The highest BCUT2D eigenvalue weighted by Gasteiger charge is 2.20. The third kappa shape index (κ3) is 59.6. The second-order valence-electron chi connectivity index (χ2n) is 23.2. The molecule has 74 heavy (non-hydrogen) atoms. The number of carbonyl (C=O) groups is 2. The van der Waals surface area contributed by atoms with Gasteiger partial charge in [0.15, 0.2) is 0 Å². The van der Waals surface area contributed by atoms with Gasteiger partial charge in [0.25, 0.3) is 0 Å².